The number of morpholine rings is 1. The van der Waals surface area contributed by atoms with Gasteiger partial charge in [0.05, 0.1) is 13.2 Å². The van der Waals surface area contributed by atoms with Gasteiger partial charge >= 0.3 is 0 Å². The second kappa shape index (κ2) is 8.33. The van der Waals surface area contributed by atoms with Gasteiger partial charge in [0.2, 0.25) is 5.91 Å². The number of rotatable bonds is 3. The fourth-order valence-electron chi connectivity index (χ4n) is 2.31. The molecule has 3 rings (SSSR count). The molecule has 2 aromatic rings. The van der Waals surface area contributed by atoms with E-state index in [1.807, 2.05) is 18.2 Å². The highest BCUT2D eigenvalue weighted by atomic mass is 35.5. The smallest absolute Gasteiger partial charge is 0.226 e. The van der Waals surface area contributed by atoms with Crippen LogP contribution in [-0.2, 0) is 9.53 Å². The van der Waals surface area contributed by atoms with Crippen LogP contribution >= 0.6 is 24.8 Å². The normalized spacial score (nSPS) is 17.4. The number of nitrogens with one attached hydrogen (secondary N) is 2. The predicted molar refractivity (Wildman–Crippen MR) is 89.1 cm³/mol. The fourth-order valence-corrected chi connectivity index (χ4v) is 2.31. The summed E-state index contributed by atoms with van der Waals surface area (Å²) in [6.07, 6.45) is 0.399. The lowest BCUT2D eigenvalue weighted by atomic mass is 10.2. The van der Waals surface area contributed by atoms with E-state index in [2.05, 4.69) is 15.6 Å². The molecule has 1 aromatic carbocycles. The quantitative estimate of drug-likeness (QED) is 0.890. The minimum Gasteiger partial charge on any atom is -0.441 e. The molecule has 1 atom stereocenters. The Morgan fingerprint density at radius 3 is 3.00 bits per heavy atom. The summed E-state index contributed by atoms with van der Waals surface area (Å²) in [7, 11) is 0. The molecule has 1 amide bonds. The molecular weight excluding hydrogens is 329 g/mol. The van der Waals surface area contributed by atoms with E-state index < -0.39 is 0 Å². The van der Waals surface area contributed by atoms with Crippen LogP contribution in [0.3, 0.4) is 0 Å². The van der Waals surface area contributed by atoms with Crippen LogP contribution in [0.2, 0.25) is 0 Å². The molecular formula is C14H19Cl2N3O3. The molecule has 2 N–H and O–H groups in total. The molecule has 1 aliphatic rings. The third-order valence-corrected chi connectivity index (χ3v) is 3.21. The van der Waals surface area contributed by atoms with Gasteiger partial charge in [-0.1, -0.05) is 0 Å². The molecule has 6 nitrogen and oxygen atoms in total. The number of anilines is 1. The average molecular weight is 348 g/mol. The van der Waals surface area contributed by atoms with Gasteiger partial charge in [-0.3, -0.25) is 4.79 Å². The third kappa shape index (κ3) is 4.58. The first-order valence-electron chi connectivity index (χ1n) is 6.69. The molecule has 1 saturated heterocycles. The second-order valence-corrected chi connectivity index (χ2v) is 4.89. The van der Waals surface area contributed by atoms with Crippen molar-refractivity contribution in [1.82, 2.24) is 10.3 Å². The van der Waals surface area contributed by atoms with Gasteiger partial charge in [0, 0.05) is 31.6 Å². The number of hydrogen-bond donors (Lipinski definition) is 2. The van der Waals surface area contributed by atoms with Crippen LogP contribution < -0.4 is 10.6 Å². The van der Waals surface area contributed by atoms with E-state index >= 15 is 0 Å². The lowest BCUT2D eigenvalue weighted by molar-refractivity contribution is -0.117. The zero-order valence-electron chi connectivity index (χ0n) is 12.1. The summed E-state index contributed by atoms with van der Waals surface area (Å²) in [6.45, 7) is 3.88. The zero-order chi connectivity index (χ0) is 13.9. The average Bonchev–Trinajstić information content (AvgIpc) is 2.79. The molecule has 2 heterocycles. The first-order valence-corrected chi connectivity index (χ1v) is 6.69. The van der Waals surface area contributed by atoms with Crippen LogP contribution in [-0.4, -0.2) is 36.7 Å². The van der Waals surface area contributed by atoms with Crippen LogP contribution in [0.4, 0.5) is 5.69 Å². The number of hydrogen-bond acceptors (Lipinski definition) is 5. The van der Waals surface area contributed by atoms with E-state index in [1.54, 1.807) is 6.92 Å². The van der Waals surface area contributed by atoms with Gasteiger partial charge in [0.25, 0.3) is 0 Å². The number of carbonyl (C=O) groups is 1. The molecule has 0 saturated carbocycles. The fraction of sp³-hybridized carbons (Fsp3) is 0.429. The summed E-state index contributed by atoms with van der Waals surface area (Å²) in [5.74, 6) is 0.583. The number of oxazole rings is 1. The molecule has 0 spiro atoms. The van der Waals surface area contributed by atoms with Gasteiger partial charge in [0.1, 0.15) is 5.52 Å². The molecule has 0 bridgehead atoms. The Kier molecular flexibility index (Phi) is 7.09. The van der Waals surface area contributed by atoms with Crippen molar-refractivity contribution in [2.45, 2.75) is 19.4 Å². The lowest BCUT2D eigenvalue weighted by Gasteiger charge is -2.23. The van der Waals surface area contributed by atoms with Gasteiger partial charge in [0.15, 0.2) is 11.5 Å². The van der Waals surface area contributed by atoms with Crippen LogP contribution in [0.15, 0.2) is 22.6 Å². The Morgan fingerprint density at radius 2 is 2.27 bits per heavy atom. The van der Waals surface area contributed by atoms with Crippen molar-refractivity contribution >= 4 is 47.5 Å². The minimum absolute atomic E-state index is 0. The van der Waals surface area contributed by atoms with Gasteiger partial charge in [-0.2, -0.15) is 0 Å². The summed E-state index contributed by atoms with van der Waals surface area (Å²) in [6, 6.07) is 5.53. The molecule has 0 radical (unpaired) electrons. The third-order valence-electron chi connectivity index (χ3n) is 3.21. The van der Waals surface area contributed by atoms with Crippen LogP contribution in [0.25, 0.3) is 11.1 Å². The Balaban J connectivity index is 0.00000121. The first kappa shape index (κ1) is 18.7. The van der Waals surface area contributed by atoms with Crippen molar-refractivity contribution in [2.75, 3.05) is 25.1 Å². The summed E-state index contributed by atoms with van der Waals surface area (Å²) >= 11 is 0. The molecule has 122 valence electrons. The van der Waals surface area contributed by atoms with Crippen molar-refractivity contribution in [3.8, 4) is 0 Å². The van der Waals surface area contributed by atoms with E-state index in [0.717, 1.165) is 23.3 Å². The number of carbonyl (C=O) groups excluding carboxylic acids is 1. The number of benzene rings is 1. The number of amides is 1. The molecule has 1 aromatic heterocycles. The van der Waals surface area contributed by atoms with E-state index in [9.17, 15) is 4.79 Å². The summed E-state index contributed by atoms with van der Waals surface area (Å²) < 4.78 is 10.7. The van der Waals surface area contributed by atoms with Gasteiger partial charge in [-0.15, -0.1) is 24.8 Å². The summed E-state index contributed by atoms with van der Waals surface area (Å²) in [5.41, 5.74) is 2.20. The van der Waals surface area contributed by atoms with E-state index in [-0.39, 0.29) is 36.8 Å². The molecule has 1 unspecified atom stereocenters. The Labute approximate surface area is 140 Å². The maximum absolute atomic E-state index is 12.0. The van der Waals surface area contributed by atoms with Crippen LogP contribution in [0, 0.1) is 6.92 Å². The monoisotopic (exact) mass is 347 g/mol. The zero-order valence-corrected chi connectivity index (χ0v) is 13.8. The minimum atomic E-state index is -0.0347. The number of halogens is 2. The molecule has 22 heavy (non-hydrogen) atoms. The van der Waals surface area contributed by atoms with Crippen LogP contribution in [0.1, 0.15) is 12.3 Å². The standard InChI is InChI=1S/C14H17N3O3.2ClH/c1-9-16-12-6-10(2-3-13(12)20-9)17-14(18)7-11-8-19-5-4-15-11;;/h2-3,6,11,15H,4-5,7-8H2,1H3,(H,17,18);2*1H. The molecule has 0 aliphatic carbocycles. The van der Waals surface area contributed by atoms with Crippen molar-refractivity contribution in [2.24, 2.45) is 0 Å². The highest BCUT2D eigenvalue weighted by molar-refractivity contribution is 5.93. The number of aromatic nitrogens is 1. The predicted octanol–water partition coefficient (Wildman–Crippen LogP) is 2.30. The second-order valence-electron chi connectivity index (χ2n) is 4.89. The van der Waals surface area contributed by atoms with Crippen LogP contribution in [0.5, 0.6) is 0 Å². The molecule has 1 aliphatic heterocycles. The van der Waals surface area contributed by atoms with E-state index in [1.165, 1.54) is 0 Å². The van der Waals surface area contributed by atoms with Gasteiger partial charge < -0.3 is 19.8 Å². The number of fused-ring (bicyclic) bond motifs is 1. The number of aryl methyl sites for hydroxylation is 1. The Morgan fingerprint density at radius 1 is 1.45 bits per heavy atom. The van der Waals surface area contributed by atoms with E-state index in [0.29, 0.717) is 25.5 Å². The largest absolute Gasteiger partial charge is 0.441 e. The van der Waals surface area contributed by atoms with Crippen molar-refractivity contribution in [1.29, 1.82) is 0 Å². The van der Waals surface area contributed by atoms with Crippen molar-refractivity contribution in [3.05, 3.63) is 24.1 Å². The van der Waals surface area contributed by atoms with Gasteiger partial charge in [-0.25, -0.2) is 4.98 Å². The maximum atomic E-state index is 12.0. The SMILES string of the molecule is Cc1nc2cc(NC(=O)CC3COCCN3)ccc2o1.Cl.Cl. The van der Waals surface area contributed by atoms with Gasteiger partial charge in [-0.05, 0) is 18.2 Å². The first-order chi connectivity index (χ1) is 9.70. The number of ether oxygens (including phenoxy) is 1. The molecule has 1 fully saturated rings. The van der Waals surface area contributed by atoms with Crippen molar-refractivity contribution < 1.29 is 13.9 Å². The lowest BCUT2D eigenvalue weighted by Crippen LogP contribution is -2.43. The summed E-state index contributed by atoms with van der Waals surface area (Å²) in [4.78, 5) is 16.2. The molecule has 8 heteroatoms. The maximum Gasteiger partial charge on any atom is 0.226 e. The highest BCUT2D eigenvalue weighted by Crippen LogP contribution is 2.19. The Bertz CT molecular complexity index is 627. The van der Waals surface area contributed by atoms with E-state index in [4.69, 9.17) is 9.15 Å². The Hall–Kier alpha value is -1.34. The summed E-state index contributed by atoms with van der Waals surface area (Å²) in [5, 5.41) is 6.13. The van der Waals surface area contributed by atoms with Crippen molar-refractivity contribution in [3.63, 3.8) is 0 Å². The number of nitrogens with zero attached hydrogens (tertiary/aromatic N) is 1. The highest BCUT2D eigenvalue weighted by Gasteiger charge is 2.17. The topological polar surface area (TPSA) is 76.4 Å².